The highest BCUT2D eigenvalue weighted by atomic mass is 16.5. The molecule has 0 aromatic carbocycles. The summed E-state index contributed by atoms with van der Waals surface area (Å²) >= 11 is 0. The van der Waals surface area contributed by atoms with Crippen LogP contribution in [0.5, 0.6) is 0 Å². The molecule has 0 saturated heterocycles. The summed E-state index contributed by atoms with van der Waals surface area (Å²) in [6.45, 7) is 6.63. The molecule has 0 spiro atoms. The molecule has 0 atom stereocenters. The third-order valence-corrected chi connectivity index (χ3v) is 1.45. The van der Waals surface area contributed by atoms with Gasteiger partial charge >= 0.3 is 5.97 Å². The average Bonchev–Trinajstić information content (AvgIpc) is 1.88. The number of hydrogen-bond donors (Lipinski definition) is 1. The van der Waals surface area contributed by atoms with Crippen molar-refractivity contribution in [3.63, 3.8) is 0 Å². The highest BCUT2D eigenvalue weighted by Crippen LogP contribution is 2.15. The van der Waals surface area contributed by atoms with Crippen LogP contribution >= 0.6 is 0 Å². The average molecular weight is 159 g/mol. The van der Waals surface area contributed by atoms with Crippen molar-refractivity contribution in [3.05, 3.63) is 0 Å². The van der Waals surface area contributed by atoms with Gasteiger partial charge in [-0.2, -0.15) is 0 Å². The molecule has 0 aliphatic carbocycles. The van der Waals surface area contributed by atoms with Crippen molar-refractivity contribution >= 4 is 5.97 Å². The number of rotatable bonds is 4. The second kappa shape index (κ2) is 4.34. The zero-order valence-electron chi connectivity index (χ0n) is 7.73. The van der Waals surface area contributed by atoms with Gasteiger partial charge in [-0.05, 0) is 27.8 Å². The van der Waals surface area contributed by atoms with Crippen LogP contribution in [0.15, 0.2) is 0 Å². The quantitative estimate of drug-likeness (QED) is 0.616. The first kappa shape index (κ1) is 10.4. The Bertz CT molecular complexity index is 132. The van der Waals surface area contributed by atoms with E-state index in [4.69, 9.17) is 4.74 Å². The first-order valence-corrected chi connectivity index (χ1v) is 3.86. The first-order valence-electron chi connectivity index (χ1n) is 3.86. The molecule has 0 bridgehead atoms. The summed E-state index contributed by atoms with van der Waals surface area (Å²) in [6, 6.07) is 0. The summed E-state index contributed by atoms with van der Waals surface area (Å²) < 4.78 is 4.88. The summed E-state index contributed by atoms with van der Waals surface area (Å²) in [5, 5.41) is 2.95. The summed E-state index contributed by atoms with van der Waals surface area (Å²) in [7, 11) is 1.82. The monoisotopic (exact) mass is 159 g/mol. The number of esters is 1. The van der Waals surface area contributed by atoms with Gasteiger partial charge in [0.15, 0.2) is 0 Å². The Kier molecular flexibility index (Phi) is 4.11. The van der Waals surface area contributed by atoms with Gasteiger partial charge < -0.3 is 10.1 Å². The zero-order valence-corrected chi connectivity index (χ0v) is 7.73. The van der Waals surface area contributed by atoms with Gasteiger partial charge in [-0.15, -0.1) is 0 Å². The minimum atomic E-state index is -0.412. The van der Waals surface area contributed by atoms with Crippen molar-refractivity contribution in [2.24, 2.45) is 5.41 Å². The normalized spacial score (nSPS) is 11.3. The molecule has 0 heterocycles. The molecule has 0 rings (SSSR count). The van der Waals surface area contributed by atoms with Crippen molar-refractivity contribution < 1.29 is 9.53 Å². The van der Waals surface area contributed by atoms with Gasteiger partial charge in [0.05, 0.1) is 12.0 Å². The molecule has 0 aromatic rings. The lowest BCUT2D eigenvalue weighted by Crippen LogP contribution is -2.35. The van der Waals surface area contributed by atoms with Crippen LogP contribution in [0.2, 0.25) is 0 Å². The van der Waals surface area contributed by atoms with E-state index in [-0.39, 0.29) is 5.97 Å². The molecule has 0 radical (unpaired) electrons. The smallest absolute Gasteiger partial charge is 0.312 e. The van der Waals surface area contributed by atoms with E-state index in [0.29, 0.717) is 13.2 Å². The Labute approximate surface area is 68.1 Å². The predicted molar refractivity (Wildman–Crippen MR) is 44.3 cm³/mol. The lowest BCUT2D eigenvalue weighted by atomic mass is 9.94. The molecule has 1 N–H and O–H groups in total. The van der Waals surface area contributed by atoms with Crippen molar-refractivity contribution in [1.29, 1.82) is 0 Å². The van der Waals surface area contributed by atoms with Gasteiger partial charge in [0, 0.05) is 6.54 Å². The van der Waals surface area contributed by atoms with E-state index in [1.165, 1.54) is 0 Å². The van der Waals surface area contributed by atoms with Gasteiger partial charge in [-0.1, -0.05) is 0 Å². The van der Waals surface area contributed by atoms with Gasteiger partial charge in [0.1, 0.15) is 0 Å². The van der Waals surface area contributed by atoms with Crippen molar-refractivity contribution in [2.75, 3.05) is 20.2 Å². The van der Waals surface area contributed by atoms with E-state index in [0.717, 1.165) is 0 Å². The van der Waals surface area contributed by atoms with E-state index in [9.17, 15) is 4.79 Å². The van der Waals surface area contributed by atoms with E-state index in [1.807, 2.05) is 27.8 Å². The van der Waals surface area contributed by atoms with Crippen molar-refractivity contribution in [3.8, 4) is 0 Å². The van der Waals surface area contributed by atoms with E-state index < -0.39 is 5.41 Å². The molecule has 3 heteroatoms. The maximum atomic E-state index is 11.2. The molecule has 66 valence electrons. The summed E-state index contributed by atoms with van der Waals surface area (Å²) in [5.74, 6) is -0.144. The summed E-state index contributed by atoms with van der Waals surface area (Å²) in [4.78, 5) is 11.2. The molecule has 0 aromatic heterocycles. The fourth-order valence-electron chi connectivity index (χ4n) is 0.841. The second-order valence-corrected chi connectivity index (χ2v) is 3.13. The molecule has 11 heavy (non-hydrogen) atoms. The number of ether oxygens (including phenoxy) is 1. The first-order chi connectivity index (χ1) is 5.04. The standard InChI is InChI=1S/C8H17NO2/c1-5-11-7(10)8(2,3)6-9-4/h9H,5-6H2,1-4H3. The largest absolute Gasteiger partial charge is 0.466 e. The Hall–Kier alpha value is -0.570. The van der Waals surface area contributed by atoms with Crippen LogP contribution in [0.25, 0.3) is 0 Å². The summed E-state index contributed by atoms with van der Waals surface area (Å²) in [5.41, 5.74) is -0.412. The molecular formula is C8H17NO2. The highest BCUT2D eigenvalue weighted by molar-refractivity contribution is 5.76. The van der Waals surface area contributed by atoms with Crippen LogP contribution in [0, 0.1) is 5.41 Å². The second-order valence-electron chi connectivity index (χ2n) is 3.13. The Morgan fingerprint density at radius 3 is 2.45 bits per heavy atom. The fraction of sp³-hybridized carbons (Fsp3) is 0.875. The molecule has 0 aliphatic heterocycles. The van der Waals surface area contributed by atoms with E-state index in [2.05, 4.69) is 5.32 Å². The minimum absolute atomic E-state index is 0.144. The third-order valence-electron chi connectivity index (χ3n) is 1.45. The molecule has 0 unspecified atom stereocenters. The molecule has 0 amide bonds. The van der Waals surface area contributed by atoms with Gasteiger partial charge in [-0.3, -0.25) is 4.79 Å². The predicted octanol–water partition coefficient (Wildman–Crippen LogP) is 0.795. The van der Waals surface area contributed by atoms with Crippen LogP contribution in [-0.2, 0) is 9.53 Å². The maximum absolute atomic E-state index is 11.2. The van der Waals surface area contributed by atoms with E-state index in [1.54, 1.807) is 0 Å². The van der Waals surface area contributed by atoms with Gasteiger partial charge in [0.25, 0.3) is 0 Å². The fourth-order valence-corrected chi connectivity index (χ4v) is 0.841. The SMILES string of the molecule is CCOC(=O)C(C)(C)CNC. The van der Waals surface area contributed by atoms with Gasteiger partial charge in [-0.25, -0.2) is 0 Å². The number of hydrogen-bond acceptors (Lipinski definition) is 3. The lowest BCUT2D eigenvalue weighted by molar-refractivity contribution is -0.153. The lowest BCUT2D eigenvalue weighted by Gasteiger charge is -2.21. The topological polar surface area (TPSA) is 38.3 Å². The number of carbonyl (C=O) groups is 1. The molecule has 0 aliphatic rings. The Balaban J connectivity index is 3.94. The molecule has 0 saturated carbocycles. The molecule has 3 nitrogen and oxygen atoms in total. The third kappa shape index (κ3) is 3.37. The van der Waals surface area contributed by atoms with Crippen LogP contribution < -0.4 is 5.32 Å². The Morgan fingerprint density at radius 1 is 1.55 bits per heavy atom. The van der Waals surface area contributed by atoms with Crippen LogP contribution in [0.4, 0.5) is 0 Å². The van der Waals surface area contributed by atoms with Crippen LogP contribution in [-0.4, -0.2) is 26.2 Å². The van der Waals surface area contributed by atoms with Crippen LogP contribution in [0.1, 0.15) is 20.8 Å². The highest BCUT2D eigenvalue weighted by Gasteiger charge is 2.27. The molecule has 0 fully saturated rings. The number of nitrogens with one attached hydrogen (secondary N) is 1. The number of carbonyl (C=O) groups excluding carboxylic acids is 1. The van der Waals surface area contributed by atoms with Gasteiger partial charge in [0.2, 0.25) is 0 Å². The zero-order chi connectivity index (χ0) is 8.91. The maximum Gasteiger partial charge on any atom is 0.312 e. The van der Waals surface area contributed by atoms with Crippen molar-refractivity contribution in [1.82, 2.24) is 5.32 Å². The van der Waals surface area contributed by atoms with Crippen molar-refractivity contribution in [2.45, 2.75) is 20.8 Å². The summed E-state index contributed by atoms with van der Waals surface area (Å²) in [6.07, 6.45) is 0. The van der Waals surface area contributed by atoms with E-state index >= 15 is 0 Å². The molecular weight excluding hydrogens is 142 g/mol. The Morgan fingerprint density at radius 2 is 2.09 bits per heavy atom. The van der Waals surface area contributed by atoms with Crippen LogP contribution in [0.3, 0.4) is 0 Å². The minimum Gasteiger partial charge on any atom is -0.466 e.